The summed E-state index contributed by atoms with van der Waals surface area (Å²) in [6, 6.07) is 2.39. The molecule has 0 aliphatic heterocycles. The van der Waals surface area contributed by atoms with Gasteiger partial charge in [-0.05, 0) is 37.0 Å². The number of nitrogen functional groups attached to an aromatic ring is 1. The second-order valence-corrected chi connectivity index (χ2v) is 9.52. The van der Waals surface area contributed by atoms with E-state index in [1.807, 2.05) is 0 Å². The van der Waals surface area contributed by atoms with E-state index in [0.29, 0.717) is 24.7 Å². The molecule has 14 heteroatoms. The maximum absolute atomic E-state index is 14.3. The SMILES string of the molecule is Nc1cc(S(=O)(=O)c2ccc(OC(F)(F)F)cc2F)cnc1C(=O)NCC(O)COCC1CC1. The highest BCUT2D eigenvalue weighted by atomic mass is 32.2. The summed E-state index contributed by atoms with van der Waals surface area (Å²) >= 11 is 0. The first-order valence-electron chi connectivity index (χ1n) is 9.96. The quantitative estimate of drug-likeness (QED) is 0.415. The topological polar surface area (TPSA) is 141 Å². The first kappa shape index (κ1) is 25.6. The molecule has 1 aromatic heterocycles. The first-order chi connectivity index (χ1) is 15.9. The van der Waals surface area contributed by atoms with Crippen LogP contribution in [-0.2, 0) is 14.6 Å². The predicted octanol–water partition coefficient (Wildman–Crippen LogP) is 2.05. The third kappa shape index (κ3) is 6.77. The molecular weight excluding hydrogens is 486 g/mol. The van der Waals surface area contributed by atoms with Crippen molar-refractivity contribution in [2.75, 3.05) is 25.5 Å². The van der Waals surface area contributed by atoms with E-state index in [0.717, 1.165) is 25.1 Å². The fourth-order valence-corrected chi connectivity index (χ4v) is 4.12. The highest BCUT2D eigenvalue weighted by Crippen LogP contribution is 2.30. The summed E-state index contributed by atoms with van der Waals surface area (Å²) in [7, 11) is -4.58. The molecule has 1 amide bonds. The normalized spacial score (nSPS) is 15.1. The Hall–Kier alpha value is -2.97. The molecule has 1 atom stereocenters. The number of nitrogens with one attached hydrogen (secondary N) is 1. The number of aliphatic hydroxyl groups is 1. The van der Waals surface area contributed by atoms with Crippen molar-refractivity contribution in [3.63, 3.8) is 0 Å². The summed E-state index contributed by atoms with van der Waals surface area (Å²) < 4.78 is 85.3. The molecule has 0 bridgehead atoms. The molecule has 1 aliphatic carbocycles. The van der Waals surface area contributed by atoms with Gasteiger partial charge in [-0.15, -0.1) is 13.2 Å². The van der Waals surface area contributed by atoms with E-state index in [-0.39, 0.29) is 30.6 Å². The van der Waals surface area contributed by atoms with Crippen LogP contribution in [0.25, 0.3) is 0 Å². The molecule has 1 fully saturated rings. The van der Waals surface area contributed by atoms with Crippen LogP contribution in [0.5, 0.6) is 5.75 Å². The highest BCUT2D eigenvalue weighted by Gasteiger charge is 2.32. The maximum Gasteiger partial charge on any atom is 0.573 e. The number of anilines is 1. The number of sulfone groups is 1. The number of carbonyl (C=O) groups excluding carboxylic acids is 1. The van der Waals surface area contributed by atoms with Crippen molar-refractivity contribution in [2.45, 2.75) is 35.1 Å². The lowest BCUT2D eigenvalue weighted by Crippen LogP contribution is -2.35. The van der Waals surface area contributed by atoms with Crippen molar-refractivity contribution in [2.24, 2.45) is 5.92 Å². The Balaban J connectivity index is 1.67. The summed E-state index contributed by atoms with van der Waals surface area (Å²) in [5.74, 6) is -2.70. The van der Waals surface area contributed by atoms with Crippen molar-refractivity contribution in [3.05, 3.63) is 42.0 Å². The number of halogens is 4. The number of pyridine rings is 1. The molecule has 9 nitrogen and oxygen atoms in total. The number of alkyl halides is 3. The highest BCUT2D eigenvalue weighted by molar-refractivity contribution is 7.91. The van der Waals surface area contributed by atoms with Crippen molar-refractivity contribution in [3.8, 4) is 5.75 Å². The molecule has 1 saturated carbocycles. The maximum atomic E-state index is 14.3. The van der Waals surface area contributed by atoms with Crippen LogP contribution in [-0.4, -0.2) is 56.6 Å². The molecule has 1 heterocycles. The molecule has 3 rings (SSSR count). The number of amides is 1. The van der Waals surface area contributed by atoms with Crippen LogP contribution in [0.15, 0.2) is 40.3 Å². The Morgan fingerprint density at radius 1 is 1.29 bits per heavy atom. The van der Waals surface area contributed by atoms with E-state index < -0.39 is 49.6 Å². The standard InChI is InChI=1S/C20H21F4N3O6S/c21-15-5-13(33-20(22,23)24)3-4-17(15)34(30,31)14-6-16(25)18(26-8-14)19(29)27-7-12(28)10-32-9-11-1-2-11/h3-6,8,11-12,28H,1-2,7,9-10,25H2,(H,27,29). The molecule has 1 unspecified atom stereocenters. The van der Waals surface area contributed by atoms with Crippen molar-refractivity contribution >= 4 is 21.4 Å². The lowest BCUT2D eigenvalue weighted by atomic mass is 10.2. The zero-order chi connectivity index (χ0) is 25.1. The molecule has 0 saturated heterocycles. The van der Waals surface area contributed by atoms with Crippen LogP contribution in [0.1, 0.15) is 23.3 Å². The van der Waals surface area contributed by atoms with Crippen LogP contribution >= 0.6 is 0 Å². The fourth-order valence-electron chi connectivity index (χ4n) is 2.83. The number of hydrogen-bond donors (Lipinski definition) is 3. The number of rotatable bonds is 10. The van der Waals surface area contributed by atoms with Crippen molar-refractivity contribution in [1.82, 2.24) is 10.3 Å². The molecule has 4 N–H and O–H groups in total. The number of aliphatic hydroxyl groups excluding tert-OH is 1. The smallest absolute Gasteiger partial charge is 0.406 e. The van der Waals surface area contributed by atoms with Crippen molar-refractivity contribution < 1.29 is 45.4 Å². The molecule has 186 valence electrons. The average molecular weight is 507 g/mol. The minimum atomic E-state index is -5.08. The summed E-state index contributed by atoms with van der Waals surface area (Å²) in [6.45, 7) is 0.394. The first-order valence-corrected chi connectivity index (χ1v) is 11.4. The minimum Gasteiger partial charge on any atom is -0.406 e. The van der Waals surface area contributed by atoms with Gasteiger partial charge in [0.05, 0.1) is 23.3 Å². The van der Waals surface area contributed by atoms with Gasteiger partial charge < -0.3 is 25.6 Å². The molecule has 34 heavy (non-hydrogen) atoms. The van der Waals surface area contributed by atoms with Gasteiger partial charge in [-0.2, -0.15) is 0 Å². The zero-order valence-electron chi connectivity index (χ0n) is 17.5. The van der Waals surface area contributed by atoms with Gasteiger partial charge in [0.25, 0.3) is 5.91 Å². The second-order valence-electron chi connectivity index (χ2n) is 7.60. The second kappa shape index (κ2) is 10.1. The Morgan fingerprint density at radius 3 is 2.59 bits per heavy atom. The Bertz CT molecular complexity index is 1160. The number of benzene rings is 1. The third-order valence-electron chi connectivity index (χ3n) is 4.70. The van der Waals surface area contributed by atoms with E-state index in [2.05, 4.69) is 15.0 Å². The number of carbonyl (C=O) groups is 1. The van der Waals surface area contributed by atoms with Crippen LogP contribution in [0, 0.1) is 11.7 Å². The lowest BCUT2D eigenvalue weighted by Gasteiger charge is -2.13. The Kier molecular flexibility index (Phi) is 7.63. The molecule has 0 radical (unpaired) electrons. The van der Waals surface area contributed by atoms with Crippen LogP contribution in [0.3, 0.4) is 0 Å². The molecular formula is C20H21F4N3O6S. The summed E-state index contributed by atoms with van der Waals surface area (Å²) in [5.41, 5.74) is 5.06. The molecule has 0 spiro atoms. The van der Waals surface area contributed by atoms with Crippen LogP contribution in [0.2, 0.25) is 0 Å². The van der Waals surface area contributed by atoms with Gasteiger partial charge >= 0.3 is 6.36 Å². The van der Waals surface area contributed by atoms with Gasteiger partial charge in [-0.25, -0.2) is 17.8 Å². The average Bonchev–Trinajstić information content (AvgIpc) is 3.55. The zero-order valence-corrected chi connectivity index (χ0v) is 18.3. The van der Waals surface area contributed by atoms with E-state index in [4.69, 9.17) is 10.5 Å². The number of nitrogens with zero attached hydrogens (tertiary/aromatic N) is 1. The predicted molar refractivity (Wildman–Crippen MR) is 109 cm³/mol. The van der Waals surface area contributed by atoms with Gasteiger partial charge in [0.2, 0.25) is 9.84 Å². The third-order valence-corrected chi connectivity index (χ3v) is 6.46. The molecule has 1 aromatic carbocycles. The van der Waals surface area contributed by atoms with Gasteiger partial charge in [0.1, 0.15) is 16.5 Å². The minimum absolute atomic E-state index is 0.0231. The van der Waals surface area contributed by atoms with Crippen molar-refractivity contribution in [1.29, 1.82) is 0 Å². The van der Waals surface area contributed by atoms with E-state index in [1.54, 1.807) is 0 Å². The van der Waals surface area contributed by atoms with Gasteiger partial charge in [0.15, 0.2) is 5.69 Å². The van der Waals surface area contributed by atoms with Gasteiger partial charge in [-0.1, -0.05) is 0 Å². The van der Waals surface area contributed by atoms with E-state index in [1.165, 1.54) is 0 Å². The monoisotopic (exact) mass is 507 g/mol. The lowest BCUT2D eigenvalue weighted by molar-refractivity contribution is -0.274. The summed E-state index contributed by atoms with van der Waals surface area (Å²) in [6.07, 6.45) is -3.12. The number of hydrogen-bond acceptors (Lipinski definition) is 8. The number of ether oxygens (including phenoxy) is 2. The van der Waals surface area contributed by atoms with Crippen LogP contribution < -0.4 is 15.8 Å². The molecule has 1 aliphatic rings. The van der Waals surface area contributed by atoms with Gasteiger partial charge in [-0.3, -0.25) is 4.79 Å². The number of aromatic nitrogens is 1. The number of nitrogens with two attached hydrogens (primary N) is 1. The van der Waals surface area contributed by atoms with E-state index in [9.17, 15) is 35.9 Å². The Morgan fingerprint density at radius 2 is 2.00 bits per heavy atom. The van der Waals surface area contributed by atoms with E-state index >= 15 is 0 Å². The molecule has 2 aromatic rings. The van der Waals surface area contributed by atoms with Gasteiger partial charge in [0, 0.05) is 25.4 Å². The Labute approximate surface area is 191 Å². The summed E-state index contributed by atoms with van der Waals surface area (Å²) in [4.78, 5) is 14.5. The summed E-state index contributed by atoms with van der Waals surface area (Å²) in [5, 5.41) is 12.2. The van der Waals surface area contributed by atoms with Crippen LogP contribution in [0.4, 0.5) is 23.2 Å². The fraction of sp³-hybridized carbons (Fsp3) is 0.400. The largest absolute Gasteiger partial charge is 0.573 e.